The van der Waals surface area contributed by atoms with Crippen LogP contribution in [0.5, 0.6) is 0 Å². The van der Waals surface area contributed by atoms with Gasteiger partial charge in [0, 0.05) is 42.0 Å². The van der Waals surface area contributed by atoms with Crippen LogP contribution in [-0.2, 0) is 20.1 Å². The molecule has 0 aliphatic carbocycles. The normalized spacial score (nSPS) is 12.4. The zero-order valence-corrected chi connectivity index (χ0v) is 27.7. The summed E-state index contributed by atoms with van der Waals surface area (Å²) in [4.78, 5) is 12.7. The first-order valence-electron chi connectivity index (χ1n) is 15.4. The Balaban J connectivity index is 0.000000217. The van der Waals surface area contributed by atoms with Gasteiger partial charge in [0.15, 0.2) is 0 Å². The molecule has 1 radical (unpaired) electrons. The molecule has 0 saturated heterocycles. The van der Waals surface area contributed by atoms with Crippen molar-refractivity contribution in [3.8, 4) is 33.6 Å². The van der Waals surface area contributed by atoms with Crippen LogP contribution in [0.2, 0.25) is 19.6 Å². The maximum atomic E-state index is 13.5. The topological polar surface area (TPSA) is 51.8 Å². The third kappa shape index (κ3) is 6.60. The Labute approximate surface area is 275 Å². The van der Waals surface area contributed by atoms with Crippen LogP contribution in [-0.4, -0.2) is 23.0 Å². The van der Waals surface area contributed by atoms with Crippen LogP contribution in [0.15, 0.2) is 114 Å². The van der Waals surface area contributed by atoms with Gasteiger partial charge in [-0.15, -0.1) is 54.1 Å². The standard InChI is InChI=1S/C23H14FN2O.C14H16NSi.Ir/c1-14-13-25-20(12-19(14)15-6-3-2-4-7-15)18-9-5-8-16-17-10-11-21(24)26-23(17)27-22(16)18;1-16(2,3)13-9-10-14(15-11-13)12-7-5-4-6-8-12;/h2-8,10-13H,1H3;4-7,9-11H,1-3H3;/q2*-1;/i1D3;;. The van der Waals surface area contributed by atoms with Gasteiger partial charge in [-0.1, -0.05) is 79.1 Å². The largest absolute Gasteiger partial charge is 0.486 e. The summed E-state index contributed by atoms with van der Waals surface area (Å²) in [6.07, 6.45) is 3.39. The Kier molecular flexibility index (Phi) is 8.15. The molecule has 4 aromatic heterocycles. The van der Waals surface area contributed by atoms with E-state index in [1.807, 2.05) is 66.9 Å². The predicted octanol–water partition coefficient (Wildman–Crippen LogP) is 9.05. The van der Waals surface area contributed by atoms with Crippen molar-refractivity contribution in [2.45, 2.75) is 26.5 Å². The first kappa shape index (κ1) is 27.3. The molecular weight excluding hydrogens is 742 g/mol. The summed E-state index contributed by atoms with van der Waals surface area (Å²) in [5, 5.41) is 2.84. The second-order valence-electron chi connectivity index (χ2n) is 11.1. The number of hydrogen-bond donors (Lipinski definition) is 0. The Bertz CT molecular complexity index is 2130. The van der Waals surface area contributed by atoms with Crippen LogP contribution in [0.25, 0.3) is 55.7 Å². The molecule has 0 amide bonds. The summed E-state index contributed by atoms with van der Waals surface area (Å²) in [7, 11) is -1.23. The van der Waals surface area contributed by atoms with Crippen molar-refractivity contribution in [3.63, 3.8) is 0 Å². The smallest absolute Gasteiger partial charge is 0.218 e. The van der Waals surface area contributed by atoms with Gasteiger partial charge in [-0.2, -0.15) is 9.37 Å². The minimum Gasteiger partial charge on any atom is -0.486 e. The van der Waals surface area contributed by atoms with Gasteiger partial charge in [-0.3, -0.25) is 0 Å². The maximum absolute atomic E-state index is 13.5. The Hall–Kier alpha value is -4.29. The van der Waals surface area contributed by atoms with Crippen LogP contribution >= 0.6 is 0 Å². The first-order valence-corrected chi connectivity index (χ1v) is 17.4. The number of rotatable bonds is 4. The van der Waals surface area contributed by atoms with Crippen molar-refractivity contribution in [2.75, 3.05) is 0 Å². The fourth-order valence-corrected chi connectivity index (χ4v) is 5.82. The second-order valence-corrected chi connectivity index (χ2v) is 16.2. The molecule has 0 unspecified atom stereocenters. The predicted molar refractivity (Wildman–Crippen MR) is 175 cm³/mol. The molecule has 3 aromatic carbocycles. The summed E-state index contributed by atoms with van der Waals surface area (Å²) in [5.41, 5.74) is 5.28. The van der Waals surface area contributed by atoms with Crippen molar-refractivity contribution >= 4 is 35.3 Å². The van der Waals surface area contributed by atoms with Gasteiger partial charge in [0.05, 0.1) is 13.7 Å². The molecule has 0 N–H and O–H groups in total. The third-order valence-corrected chi connectivity index (χ3v) is 9.15. The molecule has 0 atom stereocenters. The van der Waals surface area contributed by atoms with Gasteiger partial charge in [0.1, 0.15) is 0 Å². The molecule has 0 saturated carbocycles. The molecule has 0 aliphatic rings. The van der Waals surface area contributed by atoms with E-state index in [9.17, 15) is 4.39 Å². The fourth-order valence-electron chi connectivity index (χ4n) is 4.79. The van der Waals surface area contributed by atoms with E-state index in [2.05, 4.69) is 58.9 Å². The zero-order chi connectivity index (χ0) is 32.5. The molecule has 7 heteroatoms. The van der Waals surface area contributed by atoms with E-state index in [1.54, 1.807) is 18.2 Å². The molecule has 0 spiro atoms. The Morgan fingerprint density at radius 2 is 1.59 bits per heavy atom. The number of fused-ring (bicyclic) bond motifs is 3. The number of furan rings is 1. The van der Waals surface area contributed by atoms with Gasteiger partial charge in [-0.05, 0) is 52.2 Å². The summed E-state index contributed by atoms with van der Waals surface area (Å²) in [6, 6.07) is 36.0. The molecule has 0 fully saturated rings. The van der Waals surface area contributed by atoms with E-state index in [0.717, 1.165) is 22.2 Å². The number of hydrogen-bond acceptors (Lipinski definition) is 4. The van der Waals surface area contributed by atoms with Gasteiger partial charge in [-0.25, -0.2) is 0 Å². The van der Waals surface area contributed by atoms with Gasteiger partial charge < -0.3 is 14.4 Å². The van der Waals surface area contributed by atoms with E-state index in [4.69, 9.17) is 8.53 Å². The molecule has 4 nitrogen and oxygen atoms in total. The van der Waals surface area contributed by atoms with Crippen molar-refractivity contribution in [1.29, 1.82) is 0 Å². The minimum atomic E-state index is -2.31. The maximum Gasteiger partial charge on any atom is 0.218 e. The molecule has 221 valence electrons. The quantitative estimate of drug-likeness (QED) is 0.102. The molecule has 4 heterocycles. The summed E-state index contributed by atoms with van der Waals surface area (Å²) in [6.45, 7) is 4.68. The first-order chi connectivity index (χ1) is 22.0. The van der Waals surface area contributed by atoms with Gasteiger partial charge in [0.25, 0.3) is 0 Å². The van der Waals surface area contributed by atoms with Crippen LogP contribution in [0.3, 0.4) is 0 Å². The number of aryl methyl sites for hydroxylation is 1. The average Bonchev–Trinajstić information content (AvgIpc) is 3.42. The van der Waals surface area contributed by atoms with Gasteiger partial charge in [0.2, 0.25) is 11.7 Å². The van der Waals surface area contributed by atoms with Crippen LogP contribution in [0, 0.1) is 24.9 Å². The van der Waals surface area contributed by atoms with E-state index in [-0.39, 0.29) is 31.4 Å². The van der Waals surface area contributed by atoms with Crippen molar-refractivity contribution < 1.29 is 33.0 Å². The Morgan fingerprint density at radius 1 is 0.795 bits per heavy atom. The molecule has 0 aliphatic heterocycles. The SMILES string of the molecule is C[Si](C)(C)c1ccc(-c2[c-]cccc2)nc1.[2H]C([2H])([2H])c1cnc(-c2[c-]ccc3c2oc2nc(F)ccc23)cc1-c1ccccc1.[Ir]. The number of aromatic nitrogens is 3. The summed E-state index contributed by atoms with van der Waals surface area (Å²) < 4.78 is 43.0. The summed E-state index contributed by atoms with van der Waals surface area (Å²) in [5.74, 6) is -0.626. The molecule has 7 rings (SSSR count). The molecule has 0 bridgehead atoms. The molecule has 44 heavy (non-hydrogen) atoms. The van der Waals surface area contributed by atoms with E-state index in [1.165, 1.54) is 17.4 Å². The fraction of sp³-hybridized carbons (Fsp3) is 0.108. The van der Waals surface area contributed by atoms with E-state index < -0.39 is 20.9 Å². The number of pyridine rings is 3. The minimum absolute atomic E-state index is 0. The van der Waals surface area contributed by atoms with Crippen LogP contribution in [0.1, 0.15) is 9.68 Å². The van der Waals surface area contributed by atoms with Gasteiger partial charge >= 0.3 is 0 Å². The van der Waals surface area contributed by atoms with E-state index in [0.29, 0.717) is 27.8 Å². The molecule has 7 aromatic rings. The van der Waals surface area contributed by atoms with Crippen molar-refractivity contribution in [1.82, 2.24) is 15.0 Å². The second kappa shape index (κ2) is 13.1. The van der Waals surface area contributed by atoms with E-state index >= 15 is 0 Å². The number of benzene rings is 3. The van der Waals surface area contributed by atoms with Crippen LogP contribution < -0.4 is 5.19 Å². The van der Waals surface area contributed by atoms with Crippen LogP contribution in [0.4, 0.5) is 4.39 Å². The average molecular weight is 775 g/mol. The third-order valence-electron chi connectivity index (χ3n) is 7.12. The summed E-state index contributed by atoms with van der Waals surface area (Å²) >= 11 is 0. The monoisotopic (exact) mass is 775 g/mol. The number of halogens is 1. The van der Waals surface area contributed by atoms with Crippen molar-refractivity contribution in [2.24, 2.45) is 0 Å². The molecular formula is C37H30FIrN3OSi-2. The Morgan fingerprint density at radius 3 is 2.30 bits per heavy atom. The van der Waals surface area contributed by atoms with Crippen molar-refractivity contribution in [3.05, 3.63) is 133 Å². The zero-order valence-electron chi connectivity index (χ0n) is 27.4. The number of nitrogens with zero attached hydrogens (tertiary/aromatic N) is 3.